The molecule has 0 saturated carbocycles. The van der Waals surface area contributed by atoms with Crippen LogP contribution in [0, 0.1) is 12.8 Å². The highest BCUT2D eigenvalue weighted by Crippen LogP contribution is 2.27. The molecule has 1 aliphatic heterocycles. The summed E-state index contributed by atoms with van der Waals surface area (Å²) in [6, 6.07) is 5.69. The Balaban J connectivity index is 1.94. The fourth-order valence-electron chi connectivity index (χ4n) is 2.73. The number of piperidine rings is 1. The monoisotopic (exact) mass is 305 g/mol. The number of nitrogens with zero attached hydrogens (tertiary/aromatic N) is 1. The second kappa shape index (κ2) is 7.26. The van der Waals surface area contributed by atoms with Gasteiger partial charge in [-0.3, -0.25) is 14.5 Å². The van der Waals surface area contributed by atoms with Crippen LogP contribution in [-0.2, 0) is 9.59 Å². The van der Waals surface area contributed by atoms with E-state index in [4.69, 9.17) is 10.5 Å². The van der Waals surface area contributed by atoms with Gasteiger partial charge in [-0.15, -0.1) is 0 Å². The van der Waals surface area contributed by atoms with Crippen LogP contribution in [0.1, 0.15) is 18.4 Å². The van der Waals surface area contributed by atoms with Gasteiger partial charge in [0.1, 0.15) is 5.75 Å². The first-order valence-electron chi connectivity index (χ1n) is 7.45. The summed E-state index contributed by atoms with van der Waals surface area (Å²) in [6.45, 7) is 3.66. The number of nitrogens with two attached hydrogens (primary N) is 1. The number of likely N-dealkylation sites (tertiary alicyclic amines) is 1. The minimum Gasteiger partial charge on any atom is -0.495 e. The third-order valence-corrected chi connectivity index (χ3v) is 3.95. The van der Waals surface area contributed by atoms with Crippen molar-refractivity contribution in [3.05, 3.63) is 23.8 Å². The molecule has 0 atom stereocenters. The predicted octanol–water partition coefficient (Wildman–Crippen LogP) is 1.14. The Morgan fingerprint density at radius 3 is 2.64 bits per heavy atom. The fourth-order valence-corrected chi connectivity index (χ4v) is 2.73. The van der Waals surface area contributed by atoms with E-state index < -0.39 is 0 Å². The van der Waals surface area contributed by atoms with E-state index in [1.165, 1.54) is 0 Å². The van der Waals surface area contributed by atoms with Crippen molar-refractivity contribution in [3.63, 3.8) is 0 Å². The summed E-state index contributed by atoms with van der Waals surface area (Å²) >= 11 is 0. The van der Waals surface area contributed by atoms with E-state index in [0.717, 1.165) is 18.4 Å². The molecular formula is C16H23N3O3. The molecular weight excluding hydrogens is 282 g/mol. The molecule has 120 valence electrons. The molecule has 1 saturated heterocycles. The highest BCUT2D eigenvalue weighted by atomic mass is 16.5. The normalized spacial score (nSPS) is 16.3. The summed E-state index contributed by atoms with van der Waals surface area (Å²) in [6.07, 6.45) is 1.46. The lowest BCUT2D eigenvalue weighted by molar-refractivity contribution is -0.122. The highest BCUT2D eigenvalue weighted by Gasteiger charge is 2.26. The molecule has 1 heterocycles. The summed E-state index contributed by atoms with van der Waals surface area (Å²) in [5, 5.41) is 2.95. The van der Waals surface area contributed by atoms with Gasteiger partial charge in [0.15, 0.2) is 0 Å². The summed E-state index contributed by atoms with van der Waals surface area (Å²) in [4.78, 5) is 25.3. The number of ether oxygens (including phenoxy) is 1. The Labute approximate surface area is 130 Å². The van der Waals surface area contributed by atoms with Crippen molar-refractivity contribution in [1.29, 1.82) is 0 Å². The van der Waals surface area contributed by atoms with Gasteiger partial charge in [0.25, 0.3) is 0 Å². The van der Waals surface area contributed by atoms with Crippen LogP contribution < -0.4 is 15.8 Å². The van der Waals surface area contributed by atoms with Crippen molar-refractivity contribution < 1.29 is 14.3 Å². The number of amides is 2. The van der Waals surface area contributed by atoms with Gasteiger partial charge in [-0.1, -0.05) is 6.07 Å². The van der Waals surface area contributed by atoms with E-state index in [0.29, 0.717) is 24.5 Å². The molecule has 0 radical (unpaired) electrons. The molecule has 2 amide bonds. The molecule has 0 unspecified atom stereocenters. The van der Waals surface area contributed by atoms with Crippen LogP contribution in [0.25, 0.3) is 0 Å². The maximum Gasteiger partial charge on any atom is 0.231 e. The number of carbonyl (C=O) groups excluding carboxylic acids is 2. The van der Waals surface area contributed by atoms with Gasteiger partial charge in [-0.25, -0.2) is 0 Å². The molecule has 1 aliphatic rings. The lowest BCUT2D eigenvalue weighted by atomic mass is 9.95. The second-order valence-corrected chi connectivity index (χ2v) is 5.71. The van der Waals surface area contributed by atoms with E-state index in [1.807, 2.05) is 30.0 Å². The number of primary amides is 1. The van der Waals surface area contributed by atoms with Crippen molar-refractivity contribution in [2.45, 2.75) is 19.8 Å². The van der Waals surface area contributed by atoms with Gasteiger partial charge in [-0.05, 0) is 50.6 Å². The zero-order valence-corrected chi connectivity index (χ0v) is 13.1. The van der Waals surface area contributed by atoms with Crippen LogP contribution >= 0.6 is 0 Å². The minimum atomic E-state index is -0.326. The Kier molecular flexibility index (Phi) is 5.38. The SMILES string of the molecule is COc1ccc(C)cc1NC(=O)C1CCN(CC(N)=O)CC1. The molecule has 1 aromatic carbocycles. The number of methoxy groups -OCH3 is 1. The van der Waals surface area contributed by atoms with Crippen molar-refractivity contribution in [2.24, 2.45) is 11.7 Å². The number of benzene rings is 1. The van der Waals surface area contributed by atoms with E-state index in [2.05, 4.69) is 5.32 Å². The first-order chi connectivity index (χ1) is 10.5. The number of rotatable bonds is 5. The Bertz CT molecular complexity index is 552. The molecule has 0 aromatic heterocycles. The zero-order chi connectivity index (χ0) is 16.1. The van der Waals surface area contributed by atoms with Gasteiger partial charge >= 0.3 is 0 Å². The van der Waals surface area contributed by atoms with E-state index >= 15 is 0 Å². The maximum absolute atomic E-state index is 12.4. The third-order valence-electron chi connectivity index (χ3n) is 3.95. The van der Waals surface area contributed by atoms with Crippen molar-refractivity contribution >= 4 is 17.5 Å². The molecule has 0 bridgehead atoms. The number of aryl methyl sites for hydroxylation is 1. The van der Waals surface area contributed by atoms with Crippen molar-refractivity contribution in [3.8, 4) is 5.75 Å². The topological polar surface area (TPSA) is 84.7 Å². The lowest BCUT2D eigenvalue weighted by Gasteiger charge is -2.30. The van der Waals surface area contributed by atoms with Crippen LogP contribution in [0.4, 0.5) is 5.69 Å². The van der Waals surface area contributed by atoms with Gasteiger partial charge in [0.2, 0.25) is 11.8 Å². The molecule has 6 heteroatoms. The van der Waals surface area contributed by atoms with E-state index in [9.17, 15) is 9.59 Å². The zero-order valence-electron chi connectivity index (χ0n) is 13.1. The van der Waals surface area contributed by atoms with Crippen LogP contribution in [0.15, 0.2) is 18.2 Å². The molecule has 1 aromatic rings. The van der Waals surface area contributed by atoms with Gasteiger partial charge < -0.3 is 15.8 Å². The quantitative estimate of drug-likeness (QED) is 0.854. The van der Waals surface area contributed by atoms with Gasteiger partial charge in [0, 0.05) is 5.92 Å². The average molecular weight is 305 g/mol. The van der Waals surface area contributed by atoms with Gasteiger partial charge in [0.05, 0.1) is 19.3 Å². The number of hydrogen-bond donors (Lipinski definition) is 2. The van der Waals surface area contributed by atoms with E-state index in [1.54, 1.807) is 7.11 Å². The molecule has 6 nitrogen and oxygen atoms in total. The lowest BCUT2D eigenvalue weighted by Crippen LogP contribution is -2.42. The van der Waals surface area contributed by atoms with Crippen molar-refractivity contribution in [1.82, 2.24) is 4.90 Å². The predicted molar refractivity (Wildman–Crippen MR) is 84.7 cm³/mol. The van der Waals surface area contributed by atoms with Crippen LogP contribution in [0.3, 0.4) is 0 Å². The van der Waals surface area contributed by atoms with E-state index in [-0.39, 0.29) is 24.3 Å². The fraction of sp³-hybridized carbons (Fsp3) is 0.500. The molecule has 2 rings (SSSR count). The second-order valence-electron chi connectivity index (χ2n) is 5.71. The minimum absolute atomic E-state index is 0.00243. The Morgan fingerprint density at radius 1 is 1.36 bits per heavy atom. The third kappa shape index (κ3) is 4.21. The number of anilines is 1. The number of hydrogen-bond acceptors (Lipinski definition) is 4. The summed E-state index contributed by atoms with van der Waals surface area (Å²) in [5.41, 5.74) is 6.96. The average Bonchev–Trinajstić information content (AvgIpc) is 2.47. The van der Waals surface area contributed by atoms with Crippen molar-refractivity contribution in [2.75, 3.05) is 32.1 Å². The largest absolute Gasteiger partial charge is 0.495 e. The summed E-state index contributed by atoms with van der Waals surface area (Å²) in [7, 11) is 1.59. The van der Waals surface area contributed by atoms with Crippen LogP contribution in [0.2, 0.25) is 0 Å². The Morgan fingerprint density at radius 2 is 2.05 bits per heavy atom. The molecule has 1 fully saturated rings. The summed E-state index contributed by atoms with van der Waals surface area (Å²) in [5.74, 6) is 0.287. The molecule has 22 heavy (non-hydrogen) atoms. The van der Waals surface area contributed by atoms with Crippen LogP contribution in [-0.4, -0.2) is 43.5 Å². The maximum atomic E-state index is 12.4. The highest BCUT2D eigenvalue weighted by molar-refractivity contribution is 5.94. The number of carbonyl (C=O) groups is 2. The summed E-state index contributed by atoms with van der Waals surface area (Å²) < 4.78 is 5.28. The smallest absolute Gasteiger partial charge is 0.231 e. The van der Waals surface area contributed by atoms with Gasteiger partial charge in [-0.2, -0.15) is 0 Å². The molecule has 3 N–H and O–H groups in total. The first kappa shape index (κ1) is 16.3. The Hall–Kier alpha value is -2.08. The number of nitrogens with one attached hydrogen (secondary N) is 1. The standard InChI is InChI=1S/C16H23N3O3/c1-11-3-4-14(22-2)13(9-11)18-16(21)12-5-7-19(8-6-12)10-15(17)20/h3-4,9,12H,5-8,10H2,1-2H3,(H2,17,20)(H,18,21). The first-order valence-corrected chi connectivity index (χ1v) is 7.45. The molecule has 0 aliphatic carbocycles. The molecule has 0 spiro atoms. The van der Waals surface area contributed by atoms with Crippen LogP contribution in [0.5, 0.6) is 5.75 Å².